The van der Waals surface area contributed by atoms with E-state index in [1.165, 1.54) is 12.0 Å². The first-order valence-electron chi connectivity index (χ1n) is 11.1. The predicted molar refractivity (Wildman–Crippen MR) is 122 cm³/mol. The van der Waals surface area contributed by atoms with Gasteiger partial charge in [0.25, 0.3) is 0 Å². The number of halogens is 1. The fraction of sp³-hybridized carbons (Fsp3) is 0.400. The minimum Gasteiger partial charge on any atom is -0.497 e. The summed E-state index contributed by atoms with van der Waals surface area (Å²) in [5.74, 6) is 0.791. The Morgan fingerprint density at radius 2 is 1.87 bits per heavy atom. The molecule has 1 saturated carbocycles. The molecule has 5 nitrogen and oxygen atoms in total. The van der Waals surface area contributed by atoms with Gasteiger partial charge in [0.05, 0.1) is 7.11 Å². The molecule has 0 spiro atoms. The molecule has 162 valence electrons. The van der Waals surface area contributed by atoms with Gasteiger partial charge in [-0.05, 0) is 73.6 Å². The molecule has 3 aromatic rings. The first-order chi connectivity index (χ1) is 15.1. The van der Waals surface area contributed by atoms with Gasteiger partial charge in [-0.3, -0.25) is 4.90 Å². The lowest BCUT2D eigenvalue weighted by atomic mass is 9.92. The van der Waals surface area contributed by atoms with Gasteiger partial charge in [0, 0.05) is 28.2 Å². The summed E-state index contributed by atoms with van der Waals surface area (Å²) in [4.78, 5) is 18.7. The first kappa shape index (κ1) is 20.3. The van der Waals surface area contributed by atoms with E-state index in [0.717, 1.165) is 65.0 Å². The van der Waals surface area contributed by atoms with Gasteiger partial charge in [-0.15, -0.1) is 0 Å². The maximum atomic E-state index is 13.3. The summed E-state index contributed by atoms with van der Waals surface area (Å²) < 4.78 is 11.3. The van der Waals surface area contributed by atoms with Gasteiger partial charge in [0.2, 0.25) is 0 Å². The SMILES string of the molecule is COc1ccc(C2c3[nH]c4ccc(Cl)cc4c3CCN2C(=O)OC2CCCCC2)cc1. The van der Waals surface area contributed by atoms with E-state index in [2.05, 4.69) is 4.98 Å². The molecule has 2 aromatic carbocycles. The van der Waals surface area contributed by atoms with Crippen molar-refractivity contribution in [3.05, 3.63) is 64.3 Å². The standard InChI is InChI=1S/C25H27ClN2O3/c1-30-18-10-7-16(8-11-18)24-23-20(21-15-17(26)9-12-22(21)27-23)13-14-28(24)25(29)31-19-5-3-2-4-6-19/h7-12,15,19,24,27H,2-6,13-14H2,1H3. The second-order valence-electron chi connectivity index (χ2n) is 8.47. The van der Waals surface area contributed by atoms with Gasteiger partial charge < -0.3 is 14.5 Å². The Labute approximate surface area is 187 Å². The van der Waals surface area contributed by atoms with Crippen LogP contribution in [-0.4, -0.2) is 35.7 Å². The maximum absolute atomic E-state index is 13.3. The number of amides is 1. The molecule has 31 heavy (non-hydrogen) atoms. The summed E-state index contributed by atoms with van der Waals surface area (Å²) in [6.07, 6.45) is 5.98. The summed E-state index contributed by atoms with van der Waals surface area (Å²) in [5, 5.41) is 1.84. The number of nitrogens with zero attached hydrogens (tertiary/aromatic N) is 1. The molecular weight excluding hydrogens is 412 g/mol. The number of methoxy groups -OCH3 is 1. The Hall–Kier alpha value is -2.66. The number of hydrogen-bond acceptors (Lipinski definition) is 3. The van der Waals surface area contributed by atoms with Crippen molar-refractivity contribution in [1.82, 2.24) is 9.88 Å². The van der Waals surface area contributed by atoms with Crippen LogP contribution in [0.15, 0.2) is 42.5 Å². The van der Waals surface area contributed by atoms with Crippen molar-refractivity contribution in [2.24, 2.45) is 0 Å². The molecular formula is C25H27ClN2O3. The predicted octanol–water partition coefficient (Wildman–Crippen LogP) is 6.25. The Morgan fingerprint density at radius 3 is 2.61 bits per heavy atom. The van der Waals surface area contributed by atoms with E-state index in [-0.39, 0.29) is 18.2 Å². The van der Waals surface area contributed by atoms with Crippen LogP contribution in [-0.2, 0) is 11.2 Å². The smallest absolute Gasteiger partial charge is 0.410 e. The van der Waals surface area contributed by atoms with Crippen molar-refractivity contribution < 1.29 is 14.3 Å². The topological polar surface area (TPSA) is 54.6 Å². The third-order valence-corrected chi connectivity index (χ3v) is 6.81. The number of fused-ring (bicyclic) bond motifs is 3. The van der Waals surface area contributed by atoms with Gasteiger partial charge in [-0.1, -0.05) is 30.2 Å². The summed E-state index contributed by atoms with van der Waals surface area (Å²) in [6, 6.07) is 13.6. The van der Waals surface area contributed by atoms with Gasteiger partial charge in [-0.25, -0.2) is 4.79 Å². The molecule has 1 atom stereocenters. The van der Waals surface area contributed by atoms with Crippen LogP contribution in [0.5, 0.6) is 5.75 Å². The van der Waals surface area contributed by atoms with E-state index < -0.39 is 0 Å². The van der Waals surface area contributed by atoms with Crippen LogP contribution in [0, 0.1) is 0 Å². The van der Waals surface area contributed by atoms with Crippen molar-refractivity contribution in [3.63, 3.8) is 0 Å². The molecule has 2 heterocycles. The van der Waals surface area contributed by atoms with Crippen LogP contribution in [0.3, 0.4) is 0 Å². The van der Waals surface area contributed by atoms with E-state index in [0.29, 0.717) is 6.54 Å². The molecule has 1 fully saturated rings. The van der Waals surface area contributed by atoms with Crippen molar-refractivity contribution in [3.8, 4) is 5.75 Å². The fourth-order valence-electron chi connectivity index (χ4n) is 4.98. The van der Waals surface area contributed by atoms with Crippen molar-refractivity contribution >= 4 is 28.6 Å². The summed E-state index contributed by atoms with van der Waals surface area (Å²) >= 11 is 6.28. The quantitative estimate of drug-likeness (QED) is 0.526. The van der Waals surface area contributed by atoms with Crippen LogP contribution in [0.4, 0.5) is 4.79 Å². The number of carbonyl (C=O) groups is 1. The van der Waals surface area contributed by atoms with Gasteiger partial charge in [-0.2, -0.15) is 0 Å². The van der Waals surface area contributed by atoms with Crippen molar-refractivity contribution in [2.75, 3.05) is 13.7 Å². The lowest BCUT2D eigenvalue weighted by Crippen LogP contribution is -2.42. The second kappa shape index (κ2) is 8.46. The third-order valence-electron chi connectivity index (χ3n) is 6.57. The molecule has 6 heteroatoms. The van der Waals surface area contributed by atoms with E-state index in [9.17, 15) is 4.79 Å². The Bertz CT molecular complexity index is 1090. The number of aromatic amines is 1. The zero-order valence-electron chi connectivity index (χ0n) is 17.7. The molecule has 0 bridgehead atoms. The highest BCUT2D eigenvalue weighted by Gasteiger charge is 2.36. The van der Waals surface area contributed by atoms with Gasteiger partial charge in [0.1, 0.15) is 17.9 Å². The minimum absolute atomic E-state index is 0.0284. The molecule has 2 aliphatic rings. The molecule has 1 unspecified atom stereocenters. The van der Waals surface area contributed by atoms with Crippen LogP contribution in [0.1, 0.15) is 55.0 Å². The lowest BCUT2D eigenvalue weighted by Gasteiger charge is -2.36. The number of rotatable bonds is 3. The largest absolute Gasteiger partial charge is 0.497 e. The van der Waals surface area contributed by atoms with Crippen LogP contribution < -0.4 is 4.74 Å². The van der Waals surface area contributed by atoms with E-state index in [1.807, 2.05) is 47.4 Å². The highest BCUT2D eigenvalue weighted by molar-refractivity contribution is 6.31. The van der Waals surface area contributed by atoms with Gasteiger partial charge in [0.15, 0.2) is 0 Å². The molecule has 0 radical (unpaired) electrons. The number of H-pyrrole nitrogens is 1. The molecule has 1 aliphatic heterocycles. The van der Waals surface area contributed by atoms with E-state index >= 15 is 0 Å². The number of ether oxygens (including phenoxy) is 2. The molecule has 1 aliphatic carbocycles. The monoisotopic (exact) mass is 438 g/mol. The molecule has 1 N–H and O–H groups in total. The molecule has 1 aromatic heterocycles. The normalized spacial score (nSPS) is 19.3. The first-order valence-corrected chi connectivity index (χ1v) is 11.4. The minimum atomic E-state index is -0.239. The van der Waals surface area contributed by atoms with Crippen LogP contribution >= 0.6 is 11.6 Å². The van der Waals surface area contributed by atoms with Crippen molar-refractivity contribution in [2.45, 2.75) is 50.7 Å². The van der Waals surface area contributed by atoms with Gasteiger partial charge >= 0.3 is 6.09 Å². The summed E-state index contributed by atoms with van der Waals surface area (Å²) in [5.41, 5.74) is 4.32. The Kier molecular flexibility index (Phi) is 5.53. The number of hydrogen-bond donors (Lipinski definition) is 1. The highest BCUT2D eigenvalue weighted by atomic mass is 35.5. The fourth-order valence-corrected chi connectivity index (χ4v) is 5.16. The average Bonchev–Trinajstić information content (AvgIpc) is 3.17. The van der Waals surface area contributed by atoms with Crippen LogP contribution in [0.25, 0.3) is 10.9 Å². The zero-order valence-corrected chi connectivity index (χ0v) is 18.5. The Morgan fingerprint density at radius 1 is 1.10 bits per heavy atom. The molecule has 1 amide bonds. The third kappa shape index (κ3) is 3.87. The van der Waals surface area contributed by atoms with Crippen LogP contribution in [0.2, 0.25) is 5.02 Å². The second-order valence-corrected chi connectivity index (χ2v) is 8.91. The number of benzene rings is 2. The molecule has 5 rings (SSSR count). The summed E-state index contributed by atoms with van der Waals surface area (Å²) in [7, 11) is 1.66. The highest BCUT2D eigenvalue weighted by Crippen LogP contribution is 2.40. The van der Waals surface area contributed by atoms with Crippen molar-refractivity contribution in [1.29, 1.82) is 0 Å². The number of nitrogens with one attached hydrogen (secondary N) is 1. The molecule has 0 saturated heterocycles. The number of aromatic nitrogens is 1. The lowest BCUT2D eigenvalue weighted by molar-refractivity contribution is 0.0374. The van der Waals surface area contributed by atoms with E-state index in [1.54, 1.807) is 7.11 Å². The Balaban J connectivity index is 1.54. The average molecular weight is 439 g/mol. The number of carbonyl (C=O) groups excluding carboxylic acids is 1. The van der Waals surface area contributed by atoms with E-state index in [4.69, 9.17) is 21.1 Å². The zero-order chi connectivity index (χ0) is 21.4. The maximum Gasteiger partial charge on any atom is 0.410 e. The summed E-state index contributed by atoms with van der Waals surface area (Å²) in [6.45, 7) is 0.606.